The van der Waals surface area contributed by atoms with Gasteiger partial charge in [-0.2, -0.15) is 0 Å². The van der Waals surface area contributed by atoms with E-state index in [9.17, 15) is 4.79 Å². The van der Waals surface area contributed by atoms with Crippen LogP contribution in [0.25, 0.3) is 0 Å². The van der Waals surface area contributed by atoms with Gasteiger partial charge in [0.15, 0.2) is 0 Å². The van der Waals surface area contributed by atoms with Gasteiger partial charge in [0, 0.05) is 16.7 Å². The van der Waals surface area contributed by atoms with E-state index in [-0.39, 0.29) is 17.4 Å². The normalized spacial score (nSPS) is 18.2. The van der Waals surface area contributed by atoms with Crippen molar-refractivity contribution in [3.63, 3.8) is 0 Å². The Morgan fingerprint density at radius 1 is 1.08 bits per heavy atom. The van der Waals surface area contributed by atoms with Crippen molar-refractivity contribution in [1.29, 1.82) is 0 Å². The van der Waals surface area contributed by atoms with Gasteiger partial charge in [0.05, 0.1) is 6.42 Å². The van der Waals surface area contributed by atoms with Crippen molar-refractivity contribution in [2.24, 2.45) is 0 Å². The molecule has 1 spiro atoms. The third-order valence-electron chi connectivity index (χ3n) is 5.27. The van der Waals surface area contributed by atoms with E-state index >= 15 is 0 Å². The molecule has 0 atom stereocenters. The zero-order valence-electron chi connectivity index (χ0n) is 15.1. The minimum atomic E-state index is -0.823. The maximum atomic E-state index is 10.7. The van der Waals surface area contributed by atoms with E-state index in [1.165, 1.54) is 5.56 Å². The average Bonchev–Trinajstić information content (AvgIpc) is 3.31. The molecule has 1 N–H and O–H groups in total. The first kappa shape index (κ1) is 16.7. The third kappa shape index (κ3) is 3.32. The summed E-state index contributed by atoms with van der Waals surface area (Å²) in [6.45, 7) is 4.57. The Hall–Kier alpha value is -2.73. The molecule has 26 heavy (non-hydrogen) atoms. The molecule has 3 nitrogen and oxygen atoms in total. The molecule has 0 unspecified atom stereocenters. The van der Waals surface area contributed by atoms with Crippen LogP contribution >= 0.6 is 0 Å². The van der Waals surface area contributed by atoms with Gasteiger partial charge in [0.1, 0.15) is 11.4 Å². The van der Waals surface area contributed by atoms with Crippen molar-refractivity contribution < 1.29 is 14.6 Å². The summed E-state index contributed by atoms with van der Waals surface area (Å²) in [7, 11) is 0. The van der Waals surface area contributed by atoms with E-state index in [1.54, 1.807) is 0 Å². The fourth-order valence-corrected chi connectivity index (χ4v) is 3.84. The number of carbonyl (C=O) groups is 1. The number of rotatable bonds is 2. The monoisotopic (exact) mass is 346 g/mol. The number of ether oxygens (including phenoxy) is 1. The van der Waals surface area contributed by atoms with Gasteiger partial charge >= 0.3 is 5.97 Å². The maximum absolute atomic E-state index is 10.7. The summed E-state index contributed by atoms with van der Waals surface area (Å²) >= 11 is 0. The highest BCUT2D eigenvalue weighted by molar-refractivity contribution is 5.70. The summed E-state index contributed by atoms with van der Waals surface area (Å²) in [5.41, 5.74) is 4.05. The van der Waals surface area contributed by atoms with Crippen molar-refractivity contribution in [1.82, 2.24) is 0 Å². The lowest BCUT2D eigenvalue weighted by Crippen LogP contribution is -2.35. The molecule has 0 bridgehead atoms. The molecule has 0 amide bonds. The van der Waals surface area contributed by atoms with Gasteiger partial charge in [0.2, 0.25) is 0 Å². The van der Waals surface area contributed by atoms with Crippen molar-refractivity contribution in [3.8, 4) is 17.6 Å². The SMILES string of the molecule is CC1(C)CC2(CC2)Oc2ccc(C#Cc3ccc(CC(=O)O)cc3)cc21. The summed E-state index contributed by atoms with van der Waals surface area (Å²) in [6, 6.07) is 13.6. The lowest BCUT2D eigenvalue weighted by molar-refractivity contribution is -0.136. The number of carboxylic acid groups (broad SMARTS) is 1. The molecule has 0 aromatic heterocycles. The Kier molecular flexibility index (Phi) is 3.80. The standard InChI is InChI=1S/C23H22O3/c1-22(2)15-23(11-12-23)26-20-10-9-17(13-19(20)22)6-3-16-4-7-18(8-5-16)14-21(24)25/h4-5,7-10,13H,11-12,14-15H2,1-2H3,(H,24,25). The van der Waals surface area contributed by atoms with Crippen LogP contribution in [-0.4, -0.2) is 16.7 Å². The number of hydrogen-bond acceptors (Lipinski definition) is 2. The van der Waals surface area contributed by atoms with Crippen LogP contribution in [0, 0.1) is 11.8 Å². The van der Waals surface area contributed by atoms with Crippen molar-refractivity contribution in [2.75, 3.05) is 0 Å². The first-order valence-electron chi connectivity index (χ1n) is 9.02. The van der Waals surface area contributed by atoms with E-state index in [0.29, 0.717) is 0 Å². The van der Waals surface area contributed by atoms with Crippen LogP contribution in [0.3, 0.4) is 0 Å². The minimum absolute atomic E-state index is 0.0368. The topological polar surface area (TPSA) is 46.5 Å². The number of benzene rings is 2. The Morgan fingerprint density at radius 3 is 2.38 bits per heavy atom. The van der Waals surface area contributed by atoms with E-state index in [0.717, 1.165) is 41.7 Å². The van der Waals surface area contributed by atoms with E-state index in [2.05, 4.69) is 37.8 Å². The summed E-state index contributed by atoms with van der Waals surface area (Å²) in [5, 5.41) is 8.83. The molecule has 0 saturated heterocycles. The van der Waals surface area contributed by atoms with Gasteiger partial charge in [0.25, 0.3) is 0 Å². The maximum Gasteiger partial charge on any atom is 0.307 e. The van der Waals surface area contributed by atoms with Crippen molar-refractivity contribution >= 4 is 5.97 Å². The smallest absolute Gasteiger partial charge is 0.307 e. The highest BCUT2D eigenvalue weighted by Gasteiger charge is 2.52. The first-order chi connectivity index (χ1) is 12.4. The number of carboxylic acids is 1. The second kappa shape index (κ2) is 5.92. The Morgan fingerprint density at radius 2 is 1.73 bits per heavy atom. The quantitative estimate of drug-likeness (QED) is 0.825. The van der Waals surface area contributed by atoms with Gasteiger partial charge < -0.3 is 9.84 Å². The lowest BCUT2D eigenvalue weighted by Gasteiger charge is -2.38. The van der Waals surface area contributed by atoms with Crippen LogP contribution in [0.15, 0.2) is 42.5 Å². The van der Waals surface area contributed by atoms with Crippen LogP contribution in [0.5, 0.6) is 5.75 Å². The summed E-state index contributed by atoms with van der Waals surface area (Å²) in [4.78, 5) is 10.7. The molecule has 1 aliphatic carbocycles. The van der Waals surface area contributed by atoms with E-state index < -0.39 is 5.97 Å². The molecule has 2 aromatic carbocycles. The fourth-order valence-electron chi connectivity index (χ4n) is 3.84. The molecular weight excluding hydrogens is 324 g/mol. The minimum Gasteiger partial charge on any atom is -0.487 e. The molecule has 1 fully saturated rings. The summed E-state index contributed by atoms with van der Waals surface area (Å²) in [6.07, 6.45) is 3.43. The highest BCUT2D eigenvalue weighted by atomic mass is 16.5. The van der Waals surface area contributed by atoms with Crippen LogP contribution in [0.4, 0.5) is 0 Å². The summed E-state index contributed by atoms with van der Waals surface area (Å²) < 4.78 is 6.23. The number of hydrogen-bond donors (Lipinski definition) is 1. The molecular formula is C23H22O3. The average molecular weight is 346 g/mol. The van der Waals surface area contributed by atoms with Crippen molar-refractivity contribution in [3.05, 3.63) is 64.7 Å². The van der Waals surface area contributed by atoms with E-state index in [1.807, 2.05) is 30.3 Å². The Bertz CT molecular complexity index is 922. The molecule has 1 heterocycles. The van der Waals surface area contributed by atoms with Gasteiger partial charge in [-0.25, -0.2) is 0 Å². The third-order valence-corrected chi connectivity index (χ3v) is 5.27. The predicted molar refractivity (Wildman–Crippen MR) is 100 cm³/mol. The van der Waals surface area contributed by atoms with Crippen LogP contribution in [-0.2, 0) is 16.6 Å². The molecule has 132 valence electrons. The molecule has 1 aliphatic heterocycles. The highest BCUT2D eigenvalue weighted by Crippen LogP contribution is 2.54. The summed E-state index contributed by atoms with van der Waals surface area (Å²) in [5.74, 6) is 6.57. The first-order valence-corrected chi connectivity index (χ1v) is 9.02. The number of aliphatic carboxylic acids is 1. The van der Waals surface area contributed by atoms with Gasteiger partial charge in [-0.15, -0.1) is 0 Å². The largest absolute Gasteiger partial charge is 0.487 e. The molecule has 4 rings (SSSR count). The molecule has 2 aliphatic rings. The fraction of sp³-hybridized carbons (Fsp3) is 0.348. The Balaban J connectivity index is 1.57. The van der Waals surface area contributed by atoms with Crippen LogP contribution in [0.2, 0.25) is 0 Å². The predicted octanol–water partition coefficient (Wildman–Crippen LogP) is 4.31. The molecule has 1 saturated carbocycles. The zero-order chi connectivity index (χ0) is 18.4. The Labute approximate surface area is 154 Å². The van der Waals surface area contributed by atoms with Gasteiger partial charge in [-0.3, -0.25) is 4.79 Å². The molecule has 0 radical (unpaired) electrons. The zero-order valence-corrected chi connectivity index (χ0v) is 15.1. The molecule has 2 aromatic rings. The number of fused-ring (bicyclic) bond motifs is 1. The molecule has 3 heteroatoms. The van der Waals surface area contributed by atoms with Crippen molar-refractivity contribution in [2.45, 2.75) is 50.5 Å². The van der Waals surface area contributed by atoms with E-state index in [4.69, 9.17) is 9.84 Å². The lowest BCUT2D eigenvalue weighted by atomic mass is 9.76. The van der Waals surface area contributed by atoms with Gasteiger partial charge in [-0.1, -0.05) is 37.8 Å². The second-order valence-electron chi connectivity index (χ2n) is 8.07. The van der Waals surface area contributed by atoms with Crippen LogP contribution < -0.4 is 4.74 Å². The van der Waals surface area contributed by atoms with Gasteiger partial charge in [-0.05, 0) is 60.6 Å². The second-order valence-corrected chi connectivity index (χ2v) is 8.07. The van der Waals surface area contributed by atoms with Crippen LogP contribution in [0.1, 0.15) is 55.4 Å².